The van der Waals surface area contributed by atoms with Gasteiger partial charge in [-0.3, -0.25) is 9.59 Å². The number of amides is 1. The lowest BCUT2D eigenvalue weighted by molar-refractivity contribution is 0.0858. The zero-order chi connectivity index (χ0) is 20.2. The summed E-state index contributed by atoms with van der Waals surface area (Å²) in [5.74, 6) is 0.924. The van der Waals surface area contributed by atoms with Gasteiger partial charge >= 0.3 is 0 Å². The first-order valence-corrected chi connectivity index (χ1v) is 9.41. The van der Waals surface area contributed by atoms with Crippen molar-refractivity contribution < 1.29 is 23.4 Å². The van der Waals surface area contributed by atoms with Gasteiger partial charge in [0.15, 0.2) is 0 Å². The van der Waals surface area contributed by atoms with Gasteiger partial charge in [0.2, 0.25) is 11.2 Å². The van der Waals surface area contributed by atoms with Crippen molar-refractivity contribution in [3.63, 3.8) is 0 Å². The van der Waals surface area contributed by atoms with Gasteiger partial charge in [-0.25, -0.2) is 0 Å². The third kappa shape index (κ3) is 4.25. The molecule has 0 spiro atoms. The van der Waals surface area contributed by atoms with Gasteiger partial charge in [0.05, 0.1) is 18.6 Å². The second-order valence-corrected chi connectivity index (χ2v) is 6.76. The third-order valence-electron chi connectivity index (χ3n) is 4.81. The number of rotatable bonds is 6. The number of carbonyl (C=O) groups is 1. The Balaban J connectivity index is 1.45. The number of hydrogen-bond donors (Lipinski definition) is 1. The van der Waals surface area contributed by atoms with Crippen LogP contribution in [0.2, 0.25) is 0 Å². The molecule has 3 aromatic rings. The molecule has 1 amide bonds. The van der Waals surface area contributed by atoms with Crippen LogP contribution in [0.25, 0.3) is 11.0 Å². The van der Waals surface area contributed by atoms with Crippen molar-refractivity contribution in [2.75, 3.05) is 20.3 Å². The van der Waals surface area contributed by atoms with Crippen LogP contribution >= 0.6 is 0 Å². The van der Waals surface area contributed by atoms with Gasteiger partial charge < -0.3 is 23.9 Å². The largest absolute Gasteiger partial charge is 0.497 e. The minimum atomic E-state index is -0.285. The molecular formula is C22H21NO6. The molecule has 1 atom stereocenters. The Bertz CT molecular complexity index is 1070. The van der Waals surface area contributed by atoms with Crippen molar-refractivity contribution in [1.82, 2.24) is 5.32 Å². The zero-order valence-corrected chi connectivity index (χ0v) is 16.0. The Morgan fingerprint density at radius 3 is 2.69 bits per heavy atom. The molecule has 0 radical (unpaired) electrons. The first-order valence-electron chi connectivity index (χ1n) is 9.41. The van der Waals surface area contributed by atoms with Crippen molar-refractivity contribution in [3.05, 3.63) is 64.5 Å². The average molecular weight is 395 g/mol. The molecule has 0 aliphatic carbocycles. The van der Waals surface area contributed by atoms with E-state index in [4.69, 9.17) is 18.6 Å². The van der Waals surface area contributed by atoms with Crippen LogP contribution in [0, 0.1) is 0 Å². The summed E-state index contributed by atoms with van der Waals surface area (Å²) < 4.78 is 21.8. The van der Waals surface area contributed by atoms with E-state index in [0.717, 1.165) is 19.4 Å². The molecule has 1 aliphatic heterocycles. The summed E-state index contributed by atoms with van der Waals surface area (Å²) in [7, 11) is 1.54. The number of methoxy groups -OCH3 is 1. The Kier molecular flexibility index (Phi) is 5.48. The molecule has 0 saturated carbocycles. The van der Waals surface area contributed by atoms with Crippen molar-refractivity contribution in [2.24, 2.45) is 0 Å². The highest BCUT2D eigenvalue weighted by atomic mass is 16.5. The van der Waals surface area contributed by atoms with Crippen LogP contribution in [0.3, 0.4) is 0 Å². The van der Waals surface area contributed by atoms with Crippen LogP contribution < -0.4 is 20.2 Å². The standard InChI is InChI=1S/C22H21NO6/c1-26-16-8-9-18-19(11-16)28-13-20(21(18)24)29-15-6-4-14(5-7-15)22(25)23-12-17-3-2-10-27-17/h4-9,11,13,17H,2-3,10,12H2,1H3,(H,23,25)/t17-/m0/s1. The topological polar surface area (TPSA) is 87.0 Å². The molecule has 7 heteroatoms. The average Bonchev–Trinajstić information content (AvgIpc) is 3.28. The first kappa shape index (κ1) is 19.0. The summed E-state index contributed by atoms with van der Waals surface area (Å²) in [4.78, 5) is 24.9. The quantitative estimate of drug-likeness (QED) is 0.687. The van der Waals surface area contributed by atoms with Gasteiger partial charge in [0.25, 0.3) is 5.91 Å². The maximum atomic E-state index is 12.6. The van der Waals surface area contributed by atoms with Crippen molar-refractivity contribution >= 4 is 16.9 Å². The molecule has 2 heterocycles. The summed E-state index contributed by atoms with van der Waals surface area (Å²) in [5.41, 5.74) is 0.639. The van der Waals surface area contributed by atoms with E-state index in [1.54, 1.807) is 49.6 Å². The van der Waals surface area contributed by atoms with Crippen LogP contribution in [-0.4, -0.2) is 32.3 Å². The fraction of sp³-hybridized carbons (Fsp3) is 0.273. The lowest BCUT2D eigenvalue weighted by Crippen LogP contribution is -2.31. The van der Waals surface area contributed by atoms with Gasteiger partial charge in [-0.2, -0.15) is 0 Å². The normalized spacial score (nSPS) is 16.0. The number of ether oxygens (including phenoxy) is 3. The summed E-state index contributed by atoms with van der Waals surface area (Å²) in [6.07, 6.45) is 3.36. The van der Waals surface area contributed by atoms with E-state index in [1.165, 1.54) is 6.26 Å². The van der Waals surface area contributed by atoms with Crippen LogP contribution in [0.4, 0.5) is 0 Å². The Morgan fingerprint density at radius 2 is 1.97 bits per heavy atom. The van der Waals surface area contributed by atoms with Gasteiger partial charge in [-0.1, -0.05) is 0 Å². The van der Waals surface area contributed by atoms with E-state index < -0.39 is 0 Å². The Morgan fingerprint density at radius 1 is 1.17 bits per heavy atom. The van der Waals surface area contributed by atoms with Crippen molar-refractivity contribution in [3.8, 4) is 17.2 Å². The van der Waals surface area contributed by atoms with Crippen LogP contribution in [0.5, 0.6) is 17.2 Å². The number of hydrogen-bond acceptors (Lipinski definition) is 6. The molecule has 2 aromatic carbocycles. The molecular weight excluding hydrogens is 374 g/mol. The monoisotopic (exact) mass is 395 g/mol. The van der Waals surface area contributed by atoms with E-state index in [0.29, 0.717) is 34.6 Å². The number of benzene rings is 2. The molecule has 1 fully saturated rings. The maximum absolute atomic E-state index is 12.6. The highest BCUT2D eigenvalue weighted by Crippen LogP contribution is 2.24. The minimum absolute atomic E-state index is 0.0678. The molecule has 0 unspecified atom stereocenters. The van der Waals surface area contributed by atoms with Crippen LogP contribution in [0.15, 0.2) is 57.9 Å². The molecule has 0 bridgehead atoms. The molecule has 150 valence electrons. The van der Waals surface area contributed by atoms with Crippen LogP contribution in [0.1, 0.15) is 23.2 Å². The molecule has 7 nitrogen and oxygen atoms in total. The van der Waals surface area contributed by atoms with Crippen molar-refractivity contribution in [2.45, 2.75) is 18.9 Å². The number of carbonyl (C=O) groups excluding carboxylic acids is 1. The Hall–Kier alpha value is -3.32. The fourth-order valence-electron chi connectivity index (χ4n) is 3.20. The van der Waals surface area contributed by atoms with E-state index in [1.807, 2.05) is 0 Å². The lowest BCUT2D eigenvalue weighted by Gasteiger charge is -2.11. The molecule has 29 heavy (non-hydrogen) atoms. The van der Waals surface area contributed by atoms with Gasteiger partial charge in [0, 0.05) is 24.8 Å². The molecule has 1 N–H and O–H groups in total. The SMILES string of the molecule is COc1ccc2c(=O)c(Oc3ccc(C(=O)NC[C@@H]4CCCO4)cc3)coc2c1. The lowest BCUT2D eigenvalue weighted by atomic mass is 10.2. The predicted octanol–water partition coefficient (Wildman–Crippen LogP) is 3.50. The summed E-state index contributed by atoms with van der Waals surface area (Å²) in [6, 6.07) is 11.5. The Labute approximate surface area is 167 Å². The van der Waals surface area contributed by atoms with Gasteiger partial charge in [-0.15, -0.1) is 0 Å². The first-order chi connectivity index (χ1) is 14.1. The smallest absolute Gasteiger partial charge is 0.251 e. The van der Waals surface area contributed by atoms with Gasteiger partial charge in [0.1, 0.15) is 23.3 Å². The third-order valence-corrected chi connectivity index (χ3v) is 4.81. The van der Waals surface area contributed by atoms with E-state index in [2.05, 4.69) is 5.32 Å². The fourth-order valence-corrected chi connectivity index (χ4v) is 3.20. The zero-order valence-electron chi connectivity index (χ0n) is 16.0. The summed E-state index contributed by atoms with van der Waals surface area (Å²) in [6.45, 7) is 1.25. The van der Waals surface area contributed by atoms with Crippen molar-refractivity contribution in [1.29, 1.82) is 0 Å². The van der Waals surface area contributed by atoms with E-state index in [9.17, 15) is 9.59 Å². The van der Waals surface area contributed by atoms with E-state index >= 15 is 0 Å². The van der Waals surface area contributed by atoms with Gasteiger partial charge in [-0.05, 0) is 49.2 Å². The highest BCUT2D eigenvalue weighted by Gasteiger charge is 2.17. The highest BCUT2D eigenvalue weighted by molar-refractivity contribution is 5.94. The molecule has 1 aliphatic rings. The summed E-state index contributed by atoms with van der Waals surface area (Å²) in [5, 5.41) is 3.27. The number of nitrogens with one attached hydrogen (secondary N) is 1. The van der Waals surface area contributed by atoms with Crippen LogP contribution in [-0.2, 0) is 4.74 Å². The summed E-state index contributed by atoms with van der Waals surface area (Å²) >= 11 is 0. The molecule has 1 aromatic heterocycles. The predicted molar refractivity (Wildman–Crippen MR) is 107 cm³/mol. The number of fused-ring (bicyclic) bond motifs is 1. The second kappa shape index (κ2) is 8.36. The second-order valence-electron chi connectivity index (χ2n) is 6.76. The maximum Gasteiger partial charge on any atom is 0.251 e. The molecule has 1 saturated heterocycles. The molecule has 4 rings (SSSR count). The van der Waals surface area contributed by atoms with E-state index in [-0.39, 0.29) is 23.2 Å². The minimum Gasteiger partial charge on any atom is -0.497 e.